The first-order valence-corrected chi connectivity index (χ1v) is 12.5. The van der Waals surface area contributed by atoms with Crippen LogP contribution in [0.2, 0.25) is 0 Å². The van der Waals surface area contributed by atoms with Crippen LogP contribution < -0.4 is 0 Å². The fourth-order valence-corrected chi connectivity index (χ4v) is 5.85. The average molecular weight is 473 g/mol. The van der Waals surface area contributed by atoms with Crippen molar-refractivity contribution in [1.29, 1.82) is 0 Å². The number of thioether (sulfide) groups is 1. The third kappa shape index (κ3) is 6.20. The van der Waals surface area contributed by atoms with Crippen LogP contribution in [-0.2, 0) is 4.74 Å². The first-order chi connectivity index (χ1) is 14.9. The molecule has 10 heteroatoms. The number of alkyl halides is 1. The van der Waals surface area contributed by atoms with Crippen LogP contribution >= 0.6 is 23.1 Å². The van der Waals surface area contributed by atoms with E-state index in [9.17, 15) is 19.1 Å². The highest BCUT2D eigenvalue weighted by Crippen LogP contribution is 2.48. The van der Waals surface area contributed by atoms with E-state index in [0.717, 1.165) is 38.5 Å². The standard InChI is InChI=1S/C21H29FN2O5S2/c22-10-3-1-2-7-21(8-4-9-21)17(25)6-5-15-13-29-20(28)24(15)11-12-30-19-23-16(14-31-19)18(26)27/h5-6,14-15,17,25H,1-4,7-13H2,(H,26,27). The molecule has 1 aliphatic carbocycles. The first-order valence-electron chi connectivity index (χ1n) is 10.6. The van der Waals surface area contributed by atoms with Crippen LogP contribution in [0, 0.1) is 5.41 Å². The summed E-state index contributed by atoms with van der Waals surface area (Å²) in [4.78, 5) is 28.7. The van der Waals surface area contributed by atoms with Crippen molar-refractivity contribution in [3.63, 3.8) is 0 Å². The van der Waals surface area contributed by atoms with Gasteiger partial charge in [-0.3, -0.25) is 9.29 Å². The number of hydrogen-bond acceptors (Lipinski definition) is 7. The largest absolute Gasteiger partial charge is 0.476 e. The molecule has 2 atom stereocenters. The highest BCUT2D eigenvalue weighted by molar-refractivity contribution is 8.01. The topological polar surface area (TPSA) is 100.0 Å². The van der Waals surface area contributed by atoms with E-state index in [1.807, 2.05) is 6.08 Å². The van der Waals surface area contributed by atoms with Gasteiger partial charge >= 0.3 is 12.1 Å². The molecule has 31 heavy (non-hydrogen) atoms. The third-order valence-electron chi connectivity index (χ3n) is 6.07. The number of hydrogen-bond donors (Lipinski definition) is 2. The van der Waals surface area contributed by atoms with Crippen molar-refractivity contribution in [2.75, 3.05) is 25.6 Å². The van der Waals surface area contributed by atoms with Gasteiger partial charge in [0.05, 0.1) is 18.8 Å². The number of cyclic esters (lactones) is 1. The Morgan fingerprint density at radius 1 is 1.45 bits per heavy atom. The Morgan fingerprint density at radius 3 is 2.90 bits per heavy atom. The molecule has 0 bridgehead atoms. The lowest BCUT2D eigenvalue weighted by Crippen LogP contribution is -2.41. The van der Waals surface area contributed by atoms with Crippen molar-refractivity contribution >= 4 is 35.2 Å². The van der Waals surface area contributed by atoms with Gasteiger partial charge in [-0.05, 0) is 31.1 Å². The van der Waals surface area contributed by atoms with Crippen LogP contribution in [0.25, 0.3) is 0 Å². The Morgan fingerprint density at radius 2 is 2.26 bits per heavy atom. The molecule has 7 nitrogen and oxygen atoms in total. The summed E-state index contributed by atoms with van der Waals surface area (Å²) < 4.78 is 18.1. The smallest absolute Gasteiger partial charge is 0.410 e. The zero-order chi connectivity index (χ0) is 22.3. The minimum Gasteiger partial charge on any atom is -0.476 e. The van der Waals surface area contributed by atoms with E-state index in [1.165, 1.54) is 28.5 Å². The van der Waals surface area contributed by atoms with E-state index in [4.69, 9.17) is 9.84 Å². The fourth-order valence-electron chi connectivity index (χ4n) is 4.05. The van der Waals surface area contributed by atoms with Gasteiger partial charge in [-0.15, -0.1) is 11.3 Å². The molecule has 0 spiro atoms. The van der Waals surface area contributed by atoms with Gasteiger partial charge in [0, 0.05) is 17.7 Å². The van der Waals surface area contributed by atoms with Crippen molar-refractivity contribution in [1.82, 2.24) is 9.88 Å². The van der Waals surface area contributed by atoms with Crippen molar-refractivity contribution in [2.45, 2.75) is 61.4 Å². The molecule has 1 saturated heterocycles. The van der Waals surface area contributed by atoms with E-state index in [-0.39, 0.29) is 36.5 Å². The molecule has 2 fully saturated rings. The molecule has 1 amide bonds. The molecule has 172 valence electrons. The van der Waals surface area contributed by atoms with Crippen LogP contribution in [0.1, 0.15) is 55.4 Å². The predicted octanol–water partition coefficient (Wildman–Crippen LogP) is 4.37. The number of aromatic carboxylic acids is 1. The maximum Gasteiger partial charge on any atom is 0.410 e. The molecule has 3 rings (SSSR count). The van der Waals surface area contributed by atoms with Gasteiger partial charge < -0.3 is 14.9 Å². The number of carboxylic acids is 1. The lowest BCUT2D eigenvalue weighted by Gasteiger charge is -2.45. The molecule has 0 radical (unpaired) electrons. The summed E-state index contributed by atoms with van der Waals surface area (Å²) in [5.41, 5.74) is -0.0959. The number of aromatic nitrogens is 1. The number of unbranched alkanes of at least 4 members (excludes halogenated alkanes) is 2. The maximum atomic E-state index is 12.3. The molecule has 1 aliphatic heterocycles. The number of rotatable bonds is 13. The highest BCUT2D eigenvalue weighted by Gasteiger charge is 2.42. The Kier molecular flexibility index (Phi) is 8.74. The summed E-state index contributed by atoms with van der Waals surface area (Å²) in [6, 6.07) is -0.239. The van der Waals surface area contributed by atoms with E-state index < -0.39 is 12.1 Å². The van der Waals surface area contributed by atoms with Gasteiger partial charge in [0.25, 0.3) is 0 Å². The summed E-state index contributed by atoms with van der Waals surface area (Å²) in [5.74, 6) is -0.491. The number of aliphatic hydroxyl groups excluding tert-OH is 1. The highest BCUT2D eigenvalue weighted by atomic mass is 32.2. The molecule has 1 aromatic heterocycles. The van der Waals surface area contributed by atoms with E-state index in [2.05, 4.69) is 4.98 Å². The summed E-state index contributed by atoms with van der Waals surface area (Å²) in [6.45, 7) is 0.393. The SMILES string of the molecule is O=C(O)c1csc(SCCN2C(=O)OCC2C=CC(O)C2(CCCCCF)CCC2)n1. The van der Waals surface area contributed by atoms with E-state index in [0.29, 0.717) is 23.1 Å². The predicted molar refractivity (Wildman–Crippen MR) is 118 cm³/mol. The van der Waals surface area contributed by atoms with Gasteiger partial charge in [0.15, 0.2) is 10.0 Å². The molecule has 2 unspecified atom stereocenters. The van der Waals surface area contributed by atoms with Crippen LogP contribution in [0.15, 0.2) is 21.9 Å². The Balaban J connectivity index is 1.50. The molecule has 1 saturated carbocycles. The minimum atomic E-state index is -1.05. The number of nitrogens with zero attached hydrogens (tertiary/aromatic N) is 2. The van der Waals surface area contributed by atoms with Crippen LogP contribution in [-0.4, -0.2) is 69.9 Å². The van der Waals surface area contributed by atoms with Gasteiger partial charge in [0.1, 0.15) is 6.61 Å². The lowest BCUT2D eigenvalue weighted by molar-refractivity contribution is -0.0146. The number of halogens is 1. The molecule has 2 aliphatic rings. The Bertz CT molecular complexity index is 784. The minimum absolute atomic E-state index is 0.0255. The average Bonchev–Trinajstić information content (AvgIpc) is 3.32. The lowest BCUT2D eigenvalue weighted by atomic mass is 9.62. The van der Waals surface area contributed by atoms with E-state index >= 15 is 0 Å². The van der Waals surface area contributed by atoms with Crippen molar-refractivity contribution in [3.05, 3.63) is 23.2 Å². The van der Waals surface area contributed by atoms with E-state index in [1.54, 1.807) is 11.0 Å². The number of amides is 1. The number of thiazole rings is 1. The van der Waals surface area contributed by atoms with Gasteiger partial charge in [-0.2, -0.15) is 0 Å². The maximum absolute atomic E-state index is 12.3. The number of carbonyl (C=O) groups excluding carboxylic acids is 1. The zero-order valence-electron chi connectivity index (χ0n) is 17.4. The summed E-state index contributed by atoms with van der Waals surface area (Å²) >= 11 is 2.66. The second-order valence-electron chi connectivity index (χ2n) is 8.04. The molecule has 1 aromatic rings. The monoisotopic (exact) mass is 472 g/mol. The Hall–Kier alpha value is -1.65. The third-order valence-corrected chi connectivity index (χ3v) is 8.07. The van der Waals surface area contributed by atoms with Crippen molar-refractivity contribution < 1.29 is 28.9 Å². The summed E-state index contributed by atoms with van der Waals surface area (Å²) in [7, 11) is 0. The van der Waals surface area contributed by atoms with Crippen LogP contribution in [0.4, 0.5) is 9.18 Å². The van der Waals surface area contributed by atoms with Gasteiger partial charge in [-0.25, -0.2) is 14.6 Å². The number of carbonyl (C=O) groups is 2. The second kappa shape index (κ2) is 11.3. The molecular weight excluding hydrogens is 443 g/mol. The quantitative estimate of drug-likeness (QED) is 0.250. The first kappa shape index (κ1) is 24.0. The van der Waals surface area contributed by atoms with Gasteiger partial charge in [-0.1, -0.05) is 43.2 Å². The Labute approximate surface area is 189 Å². The number of ether oxygens (including phenoxy) is 1. The van der Waals surface area contributed by atoms with Crippen molar-refractivity contribution in [3.8, 4) is 0 Å². The van der Waals surface area contributed by atoms with Crippen LogP contribution in [0.5, 0.6) is 0 Å². The fraction of sp³-hybridized carbons (Fsp3) is 0.667. The summed E-state index contributed by atoms with van der Waals surface area (Å²) in [6.07, 6.45) is 8.96. The summed E-state index contributed by atoms with van der Waals surface area (Å²) in [5, 5.41) is 21.2. The van der Waals surface area contributed by atoms with Crippen molar-refractivity contribution in [2.24, 2.45) is 5.41 Å². The number of aliphatic hydroxyl groups is 1. The molecular formula is C21H29FN2O5S2. The molecule has 2 heterocycles. The van der Waals surface area contributed by atoms with Gasteiger partial charge in [0.2, 0.25) is 0 Å². The van der Waals surface area contributed by atoms with Crippen LogP contribution in [0.3, 0.4) is 0 Å². The zero-order valence-corrected chi connectivity index (χ0v) is 19.0. The molecule has 0 aromatic carbocycles. The molecule has 2 N–H and O–H groups in total. The number of carboxylic acid groups (broad SMARTS) is 1. The second-order valence-corrected chi connectivity index (χ2v) is 10.2. The normalized spacial score (nSPS) is 21.3.